The molecule has 3 aliphatic carbocycles. The Morgan fingerprint density at radius 1 is 1.17 bits per heavy atom. The van der Waals surface area contributed by atoms with E-state index < -0.39 is 82.9 Å². The number of nitrogens with one attached hydrogen (secondary N) is 1. The summed E-state index contributed by atoms with van der Waals surface area (Å²) in [5, 5.41) is 47.7. The highest BCUT2D eigenvalue weighted by Crippen LogP contribution is 2.53. The number of hydrogen-bond donors (Lipinski definition) is 6. The molecule has 0 radical (unpaired) electrons. The van der Waals surface area contributed by atoms with Crippen LogP contribution in [0.3, 0.4) is 0 Å². The zero-order valence-electron chi connectivity index (χ0n) is 23.0. The maximum absolute atomic E-state index is 13.9. The number of allylic oxidation sites excluding steroid dienone is 1. The summed E-state index contributed by atoms with van der Waals surface area (Å²) in [7, 11) is 6.46. The number of halogens is 3. The third kappa shape index (κ3) is 4.83. The number of primary amides is 1. The molecule has 224 valence electrons. The number of likely N-dealkylation sites (N-methyl/N-ethyl adjacent to an activating group) is 1. The fourth-order valence-corrected chi connectivity index (χ4v) is 6.34. The molecule has 4 rings (SSSR count). The summed E-state index contributed by atoms with van der Waals surface area (Å²) < 4.78 is 37.7. The van der Waals surface area contributed by atoms with Gasteiger partial charge < -0.3 is 36.4 Å². The van der Waals surface area contributed by atoms with Crippen molar-refractivity contribution in [2.24, 2.45) is 17.6 Å². The minimum Gasteiger partial charge on any atom is -0.510 e. The molecule has 1 aromatic carbocycles. The SMILES string of the molecule is CN(C)c1cc(CNCCC(F)(F)F)c(O)c2c1C[C@H]1C[C@H]3[C@H](N(C)C)C(O)=C(C(N)=O)C(=O)[C@@]3(O)C(O)=C1C2=O. The molecule has 0 saturated carbocycles. The van der Waals surface area contributed by atoms with Gasteiger partial charge in [0.25, 0.3) is 5.91 Å². The molecule has 11 nitrogen and oxygen atoms in total. The van der Waals surface area contributed by atoms with E-state index in [1.807, 2.05) is 0 Å². The average molecular weight is 583 g/mol. The van der Waals surface area contributed by atoms with E-state index in [-0.39, 0.29) is 36.1 Å². The topological polar surface area (TPSA) is 177 Å². The predicted molar refractivity (Wildman–Crippen MR) is 140 cm³/mol. The van der Waals surface area contributed by atoms with E-state index >= 15 is 0 Å². The molecule has 14 heteroatoms. The van der Waals surface area contributed by atoms with Crippen LogP contribution in [-0.2, 0) is 22.6 Å². The van der Waals surface area contributed by atoms with Gasteiger partial charge in [0.2, 0.25) is 5.78 Å². The van der Waals surface area contributed by atoms with Crippen molar-refractivity contribution in [2.75, 3.05) is 39.6 Å². The van der Waals surface area contributed by atoms with Gasteiger partial charge in [-0.05, 0) is 44.5 Å². The number of amides is 1. The van der Waals surface area contributed by atoms with Gasteiger partial charge >= 0.3 is 6.18 Å². The second-order valence-electron chi connectivity index (χ2n) is 11.2. The first-order chi connectivity index (χ1) is 18.9. The Morgan fingerprint density at radius 2 is 1.80 bits per heavy atom. The van der Waals surface area contributed by atoms with Crippen LogP contribution in [0.5, 0.6) is 5.75 Å². The van der Waals surface area contributed by atoms with Crippen molar-refractivity contribution in [3.05, 3.63) is 45.4 Å². The molecule has 0 heterocycles. The van der Waals surface area contributed by atoms with Gasteiger partial charge in [-0.3, -0.25) is 19.3 Å². The maximum atomic E-state index is 13.9. The molecule has 41 heavy (non-hydrogen) atoms. The standard InChI is InChI=1S/C27H33F3N4O7/c1-33(2)15-9-12(10-32-6-5-26(28,29)30)20(35)17-13(15)7-11-8-14-19(34(3)4)22(37)18(25(31)40)24(39)27(14,41)23(38)16(11)21(17)36/h9,11,14,19,32,35,37-38,41H,5-8,10H2,1-4H3,(H2,31,40)/t11-,14-,19-,27-/m0/s1. The van der Waals surface area contributed by atoms with Crippen LogP contribution in [0.2, 0.25) is 0 Å². The number of phenolic OH excluding ortho intramolecular Hbond substituents is 1. The van der Waals surface area contributed by atoms with Gasteiger partial charge in [-0.15, -0.1) is 0 Å². The number of anilines is 1. The van der Waals surface area contributed by atoms with E-state index in [2.05, 4.69) is 5.32 Å². The van der Waals surface area contributed by atoms with Crippen LogP contribution >= 0.6 is 0 Å². The van der Waals surface area contributed by atoms with Crippen molar-refractivity contribution in [3.8, 4) is 5.75 Å². The molecule has 0 unspecified atom stereocenters. The normalized spacial score (nSPS) is 26.2. The maximum Gasteiger partial charge on any atom is 0.390 e. The molecule has 0 aromatic heterocycles. The Morgan fingerprint density at radius 3 is 2.34 bits per heavy atom. The highest BCUT2D eigenvalue weighted by Gasteiger charge is 2.63. The van der Waals surface area contributed by atoms with E-state index in [0.717, 1.165) is 0 Å². The van der Waals surface area contributed by atoms with Crippen LogP contribution in [0.25, 0.3) is 0 Å². The first-order valence-corrected chi connectivity index (χ1v) is 12.9. The number of carbonyl (C=O) groups excluding carboxylic acids is 3. The number of aliphatic hydroxyl groups is 3. The fourth-order valence-electron chi connectivity index (χ4n) is 6.34. The number of rotatable bonds is 7. The van der Waals surface area contributed by atoms with Gasteiger partial charge in [-0.25, -0.2) is 0 Å². The van der Waals surface area contributed by atoms with Gasteiger partial charge in [0.05, 0.1) is 18.0 Å². The van der Waals surface area contributed by atoms with Crippen molar-refractivity contribution in [3.63, 3.8) is 0 Å². The summed E-state index contributed by atoms with van der Waals surface area (Å²) >= 11 is 0. The van der Waals surface area contributed by atoms with Crippen molar-refractivity contribution in [1.82, 2.24) is 10.2 Å². The lowest BCUT2D eigenvalue weighted by molar-refractivity contribution is -0.148. The Bertz CT molecular complexity index is 1390. The third-order valence-electron chi connectivity index (χ3n) is 8.16. The third-order valence-corrected chi connectivity index (χ3v) is 8.16. The van der Waals surface area contributed by atoms with Gasteiger partial charge in [-0.2, -0.15) is 13.2 Å². The first kappa shape index (κ1) is 30.3. The number of nitrogens with two attached hydrogens (primary N) is 1. The Balaban J connectivity index is 1.85. The average Bonchev–Trinajstić information content (AvgIpc) is 2.83. The minimum atomic E-state index is -4.38. The van der Waals surface area contributed by atoms with Gasteiger partial charge in [-0.1, -0.05) is 0 Å². The van der Waals surface area contributed by atoms with E-state index in [4.69, 9.17) is 5.73 Å². The number of fused-ring (bicyclic) bond motifs is 3. The number of phenols is 1. The lowest BCUT2D eigenvalue weighted by atomic mass is 9.58. The summed E-state index contributed by atoms with van der Waals surface area (Å²) in [5.41, 5.74) is 2.23. The van der Waals surface area contributed by atoms with E-state index in [9.17, 15) is 48.0 Å². The van der Waals surface area contributed by atoms with Crippen molar-refractivity contribution < 1.29 is 48.0 Å². The molecule has 0 spiro atoms. The zero-order chi connectivity index (χ0) is 30.8. The molecule has 0 aliphatic heterocycles. The summed E-state index contributed by atoms with van der Waals surface area (Å²) in [4.78, 5) is 42.6. The van der Waals surface area contributed by atoms with Crippen molar-refractivity contribution in [1.29, 1.82) is 0 Å². The van der Waals surface area contributed by atoms with Crippen LogP contribution in [0.1, 0.15) is 34.3 Å². The zero-order valence-corrected chi connectivity index (χ0v) is 23.0. The van der Waals surface area contributed by atoms with Crippen LogP contribution in [0.15, 0.2) is 28.7 Å². The molecular formula is C27H33F3N4O7. The number of Topliss-reactive ketones (excluding diaryl/α,β-unsaturated/α-hetero) is 2. The van der Waals surface area contributed by atoms with Crippen LogP contribution in [-0.4, -0.2) is 95.4 Å². The molecule has 0 saturated heterocycles. The second-order valence-corrected chi connectivity index (χ2v) is 11.2. The molecule has 7 N–H and O–H groups in total. The lowest BCUT2D eigenvalue weighted by Gasteiger charge is -2.50. The second kappa shape index (κ2) is 10.3. The van der Waals surface area contributed by atoms with Gasteiger partial charge in [0.15, 0.2) is 11.4 Å². The highest BCUT2D eigenvalue weighted by atomic mass is 19.4. The molecule has 3 aliphatic rings. The molecule has 4 atom stereocenters. The number of ketones is 2. The number of benzene rings is 1. The van der Waals surface area contributed by atoms with Crippen LogP contribution in [0.4, 0.5) is 18.9 Å². The quantitative estimate of drug-likeness (QED) is 0.203. The summed E-state index contributed by atoms with van der Waals surface area (Å²) in [6.07, 6.45) is -5.44. The van der Waals surface area contributed by atoms with E-state index in [0.29, 0.717) is 11.3 Å². The van der Waals surface area contributed by atoms with Crippen LogP contribution < -0.4 is 16.0 Å². The molecular weight excluding hydrogens is 549 g/mol. The molecule has 1 aromatic rings. The van der Waals surface area contributed by atoms with Gasteiger partial charge in [0, 0.05) is 49.9 Å². The number of alkyl halides is 3. The van der Waals surface area contributed by atoms with Crippen molar-refractivity contribution >= 4 is 23.2 Å². The fraction of sp³-hybridized carbons (Fsp3) is 0.519. The van der Waals surface area contributed by atoms with Crippen molar-refractivity contribution in [2.45, 2.75) is 43.6 Å². The summed E-state index contributed by atoms with van der Waals surface area (Å²) in [6.45, 7) is -0.621. The monoisotopic (exact) mass is 582 g/mol. The number of hydrogen-bond acceptors (Lipinski definition) is 10. The Labute approximate surface area is 233 Å². The summed E-state index contributed by atoms with van der Waals surface area (Å²) in [6, 6.07) is 0.461. The number of aromatic hydroxyl groups is 1. The Kier molecular flexibility index (Phi) is 7.65. The van der Waals surface area contributed by atoms with Crippen LogP contribution in [0, 0.1) is 11.8 Å². The number of aliphatic hydroxyl groups excluding tert-OH is 2. The van der Waals surface area contributed by atoms with E-state index in [1.54, 1.807) is 39.2 Å². The smallest absolute Gasteiger partial charge is 0.390 e. The number of carbonyl (C=O) groups is 3. The first-order valence-electron chi connectivity index (χ1n) is 12.9. The van der Waals surface area contributed by atoms with E-state index in [1.165, 1.54) is 4.90 Å². The molecule has 0 bridgehead atoms. The van der Waals surface area contributed by atoms with Gasteiger partial charge in [0.1, 0.15) is 22.8 Å². The minimum absolute atomic E-state index is 0.0554. The summed E-state index contributed by atoms with van der Waals surface area (Å²) in [5.74, 6) is -7.56. The lowest BCUT2D eigenvalue weighted by Crippen LogP contribution is -2.63. The highest BCUT2D eigenvalue weighted by molar-refractivity contribution is 6.24. The molecule has 0 fully saturated rings. The predicted octanol–water partition coefficient (Wildman–Crippen LogP) is 1.23. The molecule has 1 amide bonds. The Hall–Kier alpha value is -3.62. The largest absolute Gasteiger partial charge is 0.510 e. The number of nitrogens with zero attached hydrogens (tertiary/aromatic N) is 2.